The van der Waals surface area contributed by atoms with E-state index in [1.807, 2.05) is 13.0 Å². The molecule has 2 rings (SSSR count). The van der Waals surface area contributed by atoms with E-state index in [4.69, 9.17) is 11.6 Å². The highest BCUT2D eigenvalue weighted by Gasteiger charge is 2.01. The molecular weight excluding hydrogens is 254 g/mol. The van der Waals surface area contributed by atoms with Crippen molar-refractivity contribution < 1.29 is 0 Å². The Labute approximate surface area is 119 Å². The van der Waals surface area contributed by atoms with Gasteiger partial charge in [0.15, 0.2) is 0 Å². The lowest BCUT2D eigenvalue weighted by Gasteiger charge is -2.04. The van der Waals surface area contributed by atoms with E-state index >= 15 is 0 Å². The highest BCUT2D eigenvalue weighted by atomic mass is 35.5. The Morgan fingerprint density at radius 1 is 0.947 bits per heavy atom. The molecule has 2 aromatic rings. The summed E-state index contributed by atoms with van der Waals surface area (Å²) in [5.41, 5.74) is 6.43. The van der Waals surface area contributed by atoms with Gasteiger partial charge in [0.25, 0.3) is 0 Å². The van der Waals surface area contributed by atoms with Gasteiger partial charge < -0.3 is 0 Å². The first-order chi connectivity index (χ1) is 8.97. The predicted molar refractivity (Wildman–Crippen MR) is 80.6 cm³/mol. The maximum absolute atomic E-state index is 6.05. The number of pyridine rings is 1. The molecule has 0 fully saturated rings. The Kier molecular flexibility index (Phi) is 3.93. The van der Waals surface area contributed by atoms with E-state index in [1.54, 1.807) is 6.20 Å². The molecule has 0 bridgehead atoms. The van der Waals surface area contributed by atoms with E-state index in [0.717, 1.165) is 16.8 Å². The summed E-state index contributed by atoms with van der Waals surface area (Å²) in [6.45, 7) is 8.16. The third-order valence-corrected chi connectivity index (χ3v) is 3.42. The number of hydrogen-bond acceptors (Lipinski definition) is 1. The first-order valence-electron chi connectivity index (χ1n) is 6.19. The molecule has 1 heterocycles. The molecule has 0 radical (unpaired) electrons. The molecule has 0 saturated heterocycles. The van der Waals surface area contributed by atoms with Crippen LogP contribution in [-0.4, -0.2) is 4.98 Å². The molecular formula is C17H16ClN. The van der Waals surface area contributed by atoms with Crippen molar-refractivity contribution >= 4 is 11.6 Å². The average molecular weight is 270 g/mol. The van der Waals surface area contributed by atoms with Gasteiger partial charge in [-0.1, -0.05) is 41.1 Å². The van der Waals surface area contributed by atoms with Gasteiger partial charge in [0.2, 0.25) is 0 Å². The summed E-state index contributed by atoms with van der Waals surface area (Å²) < 4.78 is 0. The van der Waals surface area contributed by atoms with Crippen molar-refractivity contribution in [1.82, 2.24) is 4.98 Å². The lowest BCUT2D eigenvalue weighted by Crippen LogP contribution is -1.90. The van der Waals surface area contributed by atoms with Gasteiger partial charge in [-0.3, -0.25) is 4.98 Å². The molecule has 0 amide bonds. The Bertz CT molecular complexity index is 667. The van der Waals surface area contributed by atoms with Gasteiger partial charge in [0.1, 0.15) is 0 Å². The standard InChI is InChI=1S/C17H16ClN/c1-11-7-12(2)16(13(3)8-11)6-5-15-9-17(18)14(4)19-10-15/h7-10H,1-4H3. The second-order valence-electron chi connectivity index (χ2n) is 4.81. The first-order valence-corrected chi connectivity index (χ1v) is 6.57. The predicted octanol–water partition coefficient (Wildman–Crippen LogP) is 4.37. The zero-order chi connectivity index (χ0) is 14.0. The van der Waals surface area contributed by atoms with E-state index in [-0.39, 0.29) is 0 Å². The fourth-order valence-corrected chi connectivity index (χ4v) is 2.25. The van der Waals surface area contributed by atoms with Gasteiger partial charge in [-0.25, -0.2) is 0 Å². The van der Waals surface area contributed by atoms with Crippen LogP contribution >= 0.6 is 11.6 Å². The fraction of sp³-hybridized carbons (Fsp3) is 0.235. The van der Waals surface area contributed by atoms with Crippen molar-refractivity contribution in [2.45, 2.75) is 27.7 Å². The Morgan fingerprint density at radius 2 is 1.58 bits per heavy atom. The molecule has 0 saturated carbocycles. The zero-order valence-corrected chi connectivity index (χ0v) is 12.4. The number of aryl methyl sites for hydroxylation is 4. The minimum atomic E-state index is 0.657. The summed E-state index contributed by atoms with van der Waals surface area (Å²) in [5.74, 6) is 6.36. The molecule has 1 aromatic heterocycles. The topological polar surface area (TPSA) is 12.9 Å². The maximum Gasteiger partial charge on any atom is 0.0631 e. The van der Waals surface area contributed by atoms with Crippen LogP contribution in [0.15, 0.2) is 24.4 Å². The lowest BCUT2D eigenvalue weighted by molar-refractivity contribution is 1.19. The molecule has 0 aliphatic heterocycles. The van der Waals surface area contributed by atoms with Crippen molar-refractivity contribution in [3.05, 3.63) is 62.9 Å². The van der Waals surface area contributed by atoms with Crippen molar-refractivity contribution in [2.75, 3.05) is 0 Å². The number of rotatable bonds is 0. The number of nitrogens with zero attached hydrogens (tertiary/aromatic N) is 1. The monoisotopic (exact) mass is 269 g/mol. The Hall–Kier alpha value is -1.78. The van der Waals surface area contributed by atoms with Crippen LogP contribution in [0.1, 0.15) is 33.5 Å². The Morgan fingerprint density at radius 3 is 2.16 bits per heavy atom. The third-order valence-electron chi connectivity index (χ3n) is 3.03. The second-order valence-corrected chi connectivity index (χ2v) is 5.22. The average Bonchev–Trinajstić information content (AvgIpc) is 2.32. The number of aromatic nitrogens is 1. The van der Waals surface area contributed by atoms with Gasteiger partial charge in [-0.05, 0) is 44.9 Å². The summed E-state index contributed by atoms with van der Waals surface area (Å²) in [5, 5.41) is 0.657. The summed E-state index contributed by atoms with van der Waals surface area (Å²) in [7, 11) is 0. The number of hydrogen-bond donors (Lipinski definition) is 0. The fourth-order valence-electron chi connectivity index (χ4n) is 2.09. The van der Waals surface area contributed by atoms with Crippen LogP contribution in [0.2, 0.25) is 5.02 Å². The highest BCUT2D eigenvalue weighted by Crippen LogP contribution is 2.16. The van der Waals surface area contributed by atoms with Crippen LogP contribution < -0.4 is 0 Å². The van der Waals surface area contributed by atoms with E-state index in [0.29, 0.717) is 5.02 Å². The zero-order valence-electron chi connectivity index (χ0n) is 11.6. The summed E-state index contributed by atoms with van der Waals surface area (Å²) in [6.07, 6.45) is 1.76. The van der Waals surface area contributed by atoms with Crippen molar-refractivity contribution in [3.8, 4) is 11.8 Å². The van der Waals surface area contributed by atoms with Crippen molar-refractivity contribution in [3.63, 3.8) is 0 Å². The van der Waals surface area contributed by atoms with Crippen LogP contribution in [0.25, 0.3) is 0 Å². The highest BCUT2D eigenvalue weighted by molar-refractivity contribution is 6.31. The van der Waals surface area contributed by atoms with Gasteiger partial charge in [-0.15, -0.1) is 0 Å². The van der Waals surface area contributed by atoms with E-state index in [2.05, 4.69) is 49.7 Å². The molecule has 0 aliphatic rings. The molecule has 1 aromatic carbocycles. The molecule has 19 heavy (non-hydrogen) atoms. The van der Waals surface area contributed by atoms with E-state index in [1.165, 1.54) is 16.7 Å². The quantitative estimate of drug-likeness (QED) is 0.647. The van der Waals surface area contributed by atoms with E-state index < -0.39 is 0 Å². The molecule has 2 heteroatoms. The van der Waals surface area contributed by atoms with Crippen LogP contribution in [-0.2, 0) is 0 Å². The van der Waals surface area contributed by atoms with Gasteiger partial charge in [-0.2, -0.15) is 0 Å². The number of halogens is 1. The van der Waals surface area contributed by atoms with Crippen molar-refractivity contribution in [2.24, 2.45) is 0 Å². The largest absolute Gasteiger partial charge is 0.259 e. The number of benzene rings is 1. The third kappa shape index (κ3) is 3.16. The summed E-state index contributed by atoms with van der Waals surface area (Å²) in [4.78, 5) is 4.22. The minimum absolute atomic E-state index is 0.657. The lowest BCUT2D eigenvalue weighted by atomic mass is 10.00. The molecule has 0 atom stereocenters. The van der Waals surface area contributed by atoms with Gasteiger partial charge >= 0.3 is 0 Å². The normalized spacial score (nSPS) is 9.95. The molecule has 0 aliphatic carbocycles. The van der Waals surface area contributed by atoms with Crippen LogP contribution in [0.5, 0.6) is 0 Å². The molecule has 0 unspecified atom stereocenters. The summed E-state index contributed by atoms with van der Waals surface area (Å²) in [6, 6.07) is 6.16. The van der Waals surface area contributed by atoms with Crippen molar-refractivity contribution in [1.29, 1.82) is 0 Å². The smallest absolute Gasteiger partial charge is 0.0631 e. The van der Waals surface area contributed by atoms with Gasteiger partial charge in [0, 0.05) is 17.3 Å². The first kappa shape index (κ1) is 13.6. The van der Waals surface area contributed by atoms with E-state index in [9.17, 15) is 0 Å². The van der Waals surface area contributed by atoms with Crippen LogP contribution in [0.3, 0.4) is 0 Å². The van der Waals surface area contributed by atoms with Crippen LogP contribution in [0, 0.1) is 39.5 Å². The maximum atomic E-state index is 6.05. The Balaban J connectivity index is 2.42. The minimum Gasteiger partial charge on any atom is -0.259 e. The molecule has 1 nitrogen and oxygen atoms in total. The molecule has 96 valence electrons. The SMILES string of the molecule is Cc1cc(C)c(C#Cc2cnc(C)c(Cl)c2)c(C)c1. The second kappa shape index (κ2) is 5.47. The summed E-state index contributed by atoms with van der Waals surface area (Å²) >= 11 is 6.05. The van der Waals surface area contributed by atoms with Crippen LogP contribution in [0.4, 0.5) is 0 Å². The molecule has 0 spiro atoms. The van der Waals surface area contributed by atoms with Gasteiger partial charge in [0.05, 0.1) is 10.7 Å². The molecule has 0 N–H and O–H groups in total.